The van der Waals surface area contributed by atoms with Gasteiger partial charge in [-0.3, -0.25) is 0 Å². The summed E-state index contributed by atoms with van der Waals surface area (Å²) in [6.45, 7) is 0. The van der Waals surface area contributed by atoms with Crippen LogP contribution in [0.15, 0.2) is 24.3 Å². The second kappa shape index (κ2) is 2.37. The minimum absolute atomic E-state index is 0.0155. The highest BCUT2D eigenvalue weighted by Gasteiger charge is 2.64. The first-order valence-corrected chi connectivity index (χ1v) is 5.22. The Balaban J connectivity index is 2.07. The lowest BCUT2D eigenvalue weighted by Gasteiger charge is -2.23. The number of nitrogens with two attached hydrogens (primary N) is 1. The Hall–Kier alpha value is -0.890. The van der Waals surface area contributed by atoms with Crippen LogP contribution < -0.4 is 5.73 Å². The summed E-state index contributed by atoms with van der Waals surface area (Å²) in [6, 6.07) is 7.09. The molecule has 2 N–H and O–H groups in total. The maximum atomic E-state index is 13.6. The van der Waals surface area contributed by atoms with Crippen molar-refractivity contribution in [3.05, 3.63) is 35.6 Å². The molecule has 3 rings (SSSR count). The van der Waals surface area contributed by atoms with E-state index in [9.17, 15) is 4.39 Å². The van der Waals surface area contributed by atoms with Crippen molar-refractivity contribution in [2.75, 3.05) is 0 Å². The van der Waals surface area contributed by atoms with Gasteiger partial charge in [0.2, 0.25) is 0 Å². The highest BCUT2D eigenvalue weighted by atomic mass is 19.1. The van der Waals surface area contributed by atoms with E-state index in [1.807, 2.05) is 12.1 Å². The van der Waals surface area contributed by atoms with Crippen LogP contribution in [0.2, 0.25) is 0 Å². The Morgan fingerprint density at radius 1 is 1.07 bits per heavy atom. The van der Waals surface area contributed by atoms with Crippen LogP contribution in [0.4, 0.5) is 4.39 Å². The summed E-state index contributed by atoms with van der Waals surface area (Å²) in [5.74, 6) is -0.0817. The highest BCUT2D eigenvalue weighted by Crippen LogP contribution is 2.63. The van der Waals surface area contributed by atoms with Crippen molar-refractivity contribution in [1.29, 1.82) is 0 Å². The molecule has 2 aliphatic carbocycles. The van der Waals surface area contributed by atoms with Crippen LogP contribution >= 0.6 is 0 Å². The van der Waals surface area contributed by atoms with Crippen molar-refractivity contribution >= 4 is 0 Å². The monoisotopic (exact) mass is 191 g/mol. The van der Waals surface area contributed by atoms with Gasteiger partial charge in [-0.15, -0.1) is 0 Å². The third-order valence-electron chi connectivity index (χ3n) is 3.88. The SMILES string of the molecule is NC1(C2(c3ccccc3F)CC2)CC1. The largest absolute Gasteiger partial charge is 0.324 e. The molecule has 1 aromatic carbocycles. The van der Waals surface area contributed by atoms with E-state index < -0.39 is 0 Å². The summed E-state index contributed by atoms with van der Waals surface area (Å²) in [5, 5.41) is 0. The fraction of sp³-hybridized carbons (Fsp3) is 0.500. The predicted octanol–water partition coefficient (Wildman–Crippen LogP) is 2.35. The smallest absolute Gasteiger partial charge is 0.127 e. The van der Waals surface area contributed by atoms with Gasteiger partial charge in [-0.05, 0) is 37.3 Å². The predicted molar refractivity (Wildman–Crippen MR) is 53.5 cm³/mol. The standard InChI is InChI=1S/C12H14FN/c13-10-4-2-1-3-9(10)11(5-6-11)12(14)7-8-12/h1-4H,5-8,14H2. The molecular formula is C12H14FN. The summed E-state index contributed by atoms with van der Waals surface area (Å²) < 4.78 is 13.6. The number of halogens is 1. The van der Waals surface area contributed by atoms with Crippen LogP contribution in [0.25, 0.3) is 0 Å². The van der Waals surface area contributed by atoms with E-state index in [2.05, 4.69) is 0 Å². The summed E-state index contributed by atoms with van der Waals surface area (Å²) >= 11 is 0. The van der Waals surface area contributed by atoms with Crippen LogP contribution in [0.1, 0.15) is 31.2 Å². The van der Waals surface area contributed by atoms with Gasteiger partial charge < -0.3 is 5.73 Å². The van der Waals surface area contributed by atoms with E-state index in [0.717, 1.165) is 31.2 Å². The quantitative estimate of drug-likeness (QED) is 0.763. The first kappa shape index (κ1) is 8.42. The van der Waals surface area contributed by atoms with E-state index in [0.29, 0.717) is 0 Å². The van der Waals surface area contributed by atoms with Crippen LogP contribution in [-0.2, 0) is 5.41 Å². The lowest BCUT2D eigenvalue weighted by atomic mass is 9.86. The van der Waals surface area contributed by atoms with Gasteiger partial charge in [0, 0.05) is 11.0 Å². The van der Waals surface area contributed by atoms with Crippen molar-refractivity contribution in [3.8, 4) is 0 Å². The highest BCUT2D eigenvalue weighted by molar-refractivity contribution is 5.41. The van der Waals surface area contributed by atoms with Crippen LogP contribution in [0.3, 0.4) is 0 Å². The average Bonchev–Trinajstić information content (AvgIpc) is 3.01. The fourth-order valence-corrected chi connectivity index (χ4v) is 2.62. The Bertz CT molecular complexity index is 378. The Morgan fingerprint density at radius 3 is 2.21 bits per heavy atom. The molecule has 0 radical (unpaired) electrons. The fourth-order valence-electron chi connectivity index (χ4n) is 2.62. The summed E-state index contributed by atoms with van der Waals surface area (Å²) in [6.07, 6.45) is 4.23. The Morgan fingerprint density at radius 2 is 1.71 bits per heavy atom. The van der Waals surface area contributed by atoms with Crippen molar-refractivity contribution < 1.29 is 4.39 Å². The van der Waals surface area contributed by atoms with E-state index >= 15 is 0 Å². The number of benzene rings is 1. The third kappa shape index (κ3) is 0.921. The van der Waals surface area contributed by atoms with Crippen molar-refractivity contribution in [1.82, 2.24) is 0 Å². The Labute approximate surface area is 83.1 Å². The Kier molecular flexibility index (Phi) is 1.43. The van der Waals surface area contributed by atoms with E-state index in [1.165, 1.54) is 0 Å². The van der Waals surface area contributed by atoms with E-state index in [1.54, 1.807) is 12.1 Å². The van der Waals surface area contributed by atoms with Gasteiger partial charge in [0.1, 0.15) is 5.82 Å². The van der Waals surface area contributed by atoms with Crippen molar-refractivity contribution in [3.63, 3.8) is 0 Å². The molecule has 2 saturated carbocycles. The van der Waals surface area contributed by atoms with Crippen LogP contribution in [0.5, 0.6) is 0 Å². The lowest BCUT2D eigenvalue weighted by Crippen LogP contribution is -2.37. The van der Waals surface area contributed by atoms with Gasteiger partial charge in [0.05, 0.1) is 0 Å². The van der Waals surface area contributed by atoms with E-state index in [4.69, 9.17) is 5.73 Å². The van der Waals surface area contributed by atoms with Gasteiger partial charge in [-0.1, -0.05) is 18.2 Å². The zero-order chi connectivity index (χ0) is 9.81. The first-order chi connectivity index (χ1) is 6.68. The molecular weight excluding hydrogens is 177 g/mol. The van der Waals surface area contributed by atoms with Crippen molar-refractivity contribution in [2.45, 2.75) is 36.6 Å². The molecule has 74 valence electrons. The normalized spacial score (nSPS) is 25.9. The average molecular weight is 191 g/mol. The molecule has 0 atom stereocenters. The second-order valence-electron chi connectivity index (χ2n) is 4.72. The molecule has 0 amide bonds. The molecule has 0 aromatic heterocycles. The minimum atomic E-state index is -0.0881. The number of rotatable bonds is 2. The molecule has 0 bridgehead atoms. The van der Waals surface area contributed by atoms with Crippen LogP contribution in [-0.4, -0.2) is 5.54 Å². The third-order valence-corrected chi connectivity index (χ3v) is 3.88. The summed E-state index contributed by atoms with van der Waals surface area (Å²) in [4.78, 5) is 0. The van der Waals surface area contributed by atoms with Gasteiger partial charge in [0.15, 0.2) is 0 Å². The molecule has 0 heterocycles. The van der Waals surface area contributed by atoms with Gasteiger partial charge in [-0.2, -0.15) is 0 Å². The molecule has 14 heavy (non-hydrogen) atoms. The van der Waals surface area contributed by atoms with Gasteiger partial charge in [-0.25, -0.2) is 4.39 Å². The molecule has 2 heteroatoms. The molecule has 1 nitrogen and oxygen atoms in total. The maximum absolute atomic E-state index is 13.6. The first-order valence-electron chi connectivity index (χ1n) is 5.22. The molecule has 0 saturated heterocycles. The number of hydrogen-bond donors (Lipinski definition) is 1. The second-order valence-corrected chi connectivity index (χ2v) is 4.72. The molecule has 0 spiro atoms. The topological polar surface area (TPSA) is 26.0 Å². The molecule has 0 unspecified atom stereocenters. The molecule has 2 aliphatic rings. The summed E-state index contributed by atoms with van der Waals surface area (Å²) in [7, 11) is 0. The van der Waals surface area contributed by atoms with Gasteiger partial charge >= 0.3 is 0 Å². The van der Waals surface area contributed by atoms with E-state index in [-0.39, 0.29) is 16.8 Å². The minimum Gasteiger partial charge on any atom is -0.324 e. The molecule has 2 fully saturated rings. The summed E-state index contributed by atoms with van der Waals surface area (Å²) in [5.41, 5.74) is 6.96. The lowest BCUT2D eigenvalue weighted by molar-refractivity contribution is 0.473. The molecule has 0 aliphatic heterocycles. The van der Waals surface area contributed by atoms with Crippen LogP contribution in [0, 0.1) is 5.82 Å². The van der Waals surface area contributed by atoms with Gasteiger partial charge in [0.25, 0.3) is 0 Å². The molecule has 1 aromatic rings. The van der Waals surface area contributed by atoms with Crippen molar-refractivity contribution in [2.24, 2.45) is 5.73 Å². The number of hydrogen-bond acceptors (Lipinski definition) is 1. The zero-order valence-electron chi connectivity index (χ0n) is 8.09. The maximum Gasteiger partial charge on any atom is 0.127 e. The zero-order valence-corrected chi connectivity index (χ0v) is 8.09.